The van der Waals surface area contributed by atoms with E-state index < -0.39 is 0 Å². The number of nitrogens with one attached hydrogen (secondary N) is 1. The van der Waals surface area contributed by atoms with Crippen molar-refractivity contribution in [2.45, 2.75) is 0 Å². The lowest BCUT2D eigenvalue weighted by Gasteiger charge is -2.07. The Morgan fingerprint density at radius 2 is 2.12 bits per heavy atom. The molecule has 3 aromatic heterocycles. The molecule has 0 amide bonds. The lowest BCUT2D eigenvalue weighted by molar-refractivity contribution is 0.210. The van der Waals surface area contributed by atoms with Crippen LogP contribution in [0.1, 0.15) is 0 Å². The van der Waals surface area contributed by atoms with Gasteiger partial charge in [0, 0.05) is 31.6 Å². The number of aromatic nitrogens is 4. The molecule has 0 aliphatic carbocycles. The van der Waals surface area contributed by atoms with Crippen molar-refractivity contribution in [1.29, 1.82) is 0 Å². The van der Waals surface area contributed by atoms with Crippen molar-refractivity contribution in [3.8, 4) is 16.9 Å². The third kappa shape index (κ3) is 3.04. The number of halogens is 1. The molecule has 26 heavy (non-hydrogen) atoms. The molecule has 0 aliphatic heterocycles. The first kappa shape index (κ1) is 16.3. The zero-order chi connectivity index (χ0) is 17.9. The summed E-state index contributed by atoms with van der Waals surface area (Å²) in [6.07, 6.45) is 5.53. The Balaban J connectivity index is 1.75. The fraction of sp³-hybridized carbons (Fsp3) is 0.158. The quantitative estimate of drug-likeness (QED) is 0.541. The Kier molecular flexibility index (Phi) is 4.37. The molecule has 0 fully saturated rings. The van der Waals surface area contributed by atoms with Crippen molar-refractivity contribution in [3.63, 3.8) is 0 Å². The summed E-state index contributed by atoms with van der Waals surface area (Å²) in [7, 11) is 1.67. The van der Waals surface area contributed by atoms with Gasteiger partial charge in [-0.2, -0.15) is 5.10 Å². The van der Waals surface area contributed by atoms with Gasteiger partial charge in [-0.3, -0.25) is 4.40 Å². The molecule has 1 N–H and O–H groups in total. The number of hydrogen-bond donors (Lipinski definition) is 1. The van der Waals surface area contributed by atoms with Gasteiger partial charge in [0.2, 0.25) is 0 Å². The van der Waals surface area contributed by atoms with Crippen LogP contribution in [0.5, 0.6) is 0 Å². The van der Waals surface area contributed by atoms with E-state index in [1.54, 1.807) is 30.1 Å². The first-order valence-electron chi connectivity index (χ1n) is 8.27. The van der Waals surface area contributed by atoms with E-state index in [-0.39, 0.29) is 5.82 Å². The van der Waals surface area contributed by atoms with E-state index in [9.17, 15) is 4.39 Å². The molecular weight excluding hydrogens is 333 g/mol. The SMILES string of the molecule is COCCNc1c(-c2cnn(-c3cccc(F)c3)c2)nc2ccccn12. The second-order valence-electron chi connectivity index (χ2n) is 5.81. The van der Waals surface area contributed by atoms with Gasteiger partial charge in [0.1, 0.15) is 23.0 Å². The fourth-order valence-electron chi connectivity index (χ4n) is 2.84. The highest BCUT2D eigenvalue weighted by atomic mass is 19.1. The van der Waals surface area contributed by atoms with E-state index in [0.29, 0.717) is 18.8 Å². The highest BCUT2D eigenvalue weighted by Crippen LogP contribution is 2.29. The molecule has 6 nitrogen and oxygen atoms in total. The average molecular weight is 351 g/mol. The van der Waals surface area contributed by atoms with Crippen LogP contribution < -0.4 is 5.32 Å². The predicted octanol–water partition coefficient (Wildman–Crippen LogP) is 3.38. The van der Waals surface area contributed by atoms with Gasteiger partial charge >= 0.3 is 0 Å². The number of nitrogens with zero attached hydrogens (tertiary/aromatic N) is 4. The standard InChI is InChI=1S/C19H18FN5O/c1-26-10-8-21-19-18(23-17-7-2-3-9-24(17)19)14-12-22-25(13-14)16-6-4-5-15(20)11-16/h2-7,9,11-13,21H,8,10H2,1H3. The topological polar surface area (TPSA) is 56.4 Å². The molecule has 7 heteroatoms. The van der Waals surface area contributed by atoms with Crippen LogP contribution in [-0.4, -0.2) is 39.4 Å². The van der Waals surface area contributed by atoms with Crippen molar-refractivity contribution in [1.82, 2.24) is 19.2 Å². The Morgan fingerprint density at radius 1 is 1.19 bits per heavy atom. The smallest absolute Gasteiger partial charge is 0.139 e. The van der Waals surface area contributed by atoms with Crippen LogP contribution in [0.2, 0.25) is 0 Å². The number of methoxy groups -OCH3 is 1. The molecule has 0 atom stereocenters. The molecular formula is C19H18FN5O. The highest BCUT2D eigenvalue weighted by molar-refractivity contribution is 5.76. The monoisotopic (exact) mass is 351 g/mol. The van der Waals surface area contributed by atoms with Gasteiger partial charge in [-0.1, -0.05) is 12.1 Å². The molecule has 0 radical (unpaired) electrons. The summed E-state index contributed by atoms with van der Waals surface area (Å²) >= 11 is 0. The maximum Gasteiger partial charge on any atom is 0.139 e. The Morgan fingerprint density at radius 3 is 2.96 bits per heavy atom. The number of benzene rings is 1. The van der Waals surface area contributed by atoms with Gasteiger partial charge in [0.25, 0.3) is 0 Å². The van der Waals surface area contributed by atoms with Gasteiger partial charge in [-0.05, 0) is 30.3 Å². The number of fused-ring (bicyclic) bond motifs is 1. The van der Waals surface area contributed by atoms with Crippen LogP contribution in [0.3, 0.4) is 0 Å². The predicted molar refractivity (Wildman–Crippen MR) is 98.1 cm³/mol. The van der Waals surface area contributed by atoms with Crippen LogP contribution in [0.4, 0.5) is 10.2 Å². The lowest BCUT2D eigenvalue weighted by atomic mass is 10.2. The maximum absolute atomic E-state index is 13.5. The van der Waals surface area contributed by atoms with E-state index in [1.165, 1.54) is 12.1 Å². The van der Waals surface area contributed by atoms with Crippen molar-refractivity contribution in [3.05, 3.63) is 66.9 Å². The largest absolute Gasteiger partial charge is 0.383 e. The van der Waals surface area contributed by atoms with E-state index in [1.807, 2.05) is 35.0 Å². The number of anilines is 1. The fourth-order valence-corrected chi connectivity index (χ4v) is 2.84. The summed E-state index contributed by atoms with van der Waals surface area (Å²) in [4.78, 5) is 4.72. The van der Waals surface area contributed by atoms with Gasteiger partial charge in [0.05, 0.1) is 18.5 Å². The third-order valence-corrected chi connectivity index (χ3v) is 4.06. The number of rotatable bonds is 6. The maximum atomic E-state index is 13.5. The highest BCUT2D eigenvalue weighted by Gasteiger charge is 2.15. The summed E-state index contributed by atoms with van der Waals surface area (Å²) in [6.45, 7) is 1.24. The van der Waals surface area contributed by atoms with E-state index in [0.717, 1.165) is 22.7 Å². The lowest BCUT2D eigenvalue weighted by Crippen LogP contribution is -2.09. The van der Waals surface area contributed by atoms with E-state index in [2.05, 4.69) is 10.4 Å². The molecule has 3 heterocycles. The third-order valence-electron chi connectivity index (χ3n) is 4.06. The molecule has 0 saturated carbocycles. The zero-order valence-electron chi connectivity index (χ0n) is 14.3. The van der Waals surface area contributed by atoms with Gasteiger partial charge in [-0.15, -0.1) is 0 Å². The molecule has 4 aromatic rings. The second kappa shape index (κ2) is 6.97. The Labute approximate surface area is 149 Å². The van der Waals surface area contributed by atoms with Gasteiger partial charge < -0.3 is 10.1 Å². The molecule has 0 bridgehead atoms. The minimum atomic E-state index is -0.297. The Bertz CT molecular complexity index is 1040. The second-order valence-corrected chi connectivity index (χ2v) is 5.81. The van der Waals surface area contributed by atoms with Gasteiger partial charge in [-0.25, -0.2) is 14.1 Å². The number of hydrogen-bond acceptors (Lipinski definition) is 4. The molecule has 4 rings (SSSR count). The molecule has 132 valence electrons. The summed E-state index contributed by atoms with van der Waals surface area (Å²) < 4.78 is 22.2. The number of pyridine rings is 1. The Hall–Kier alpha value is -3.19. The minimum Gasteiger partial charge on any atom is -0.383 e. The van der Waals surface area contributed by atoms with Crippen molar-refractivity contribution >= 4 is 11.5 Å². The van der Waals surface area contributed by atoms with Crippen molar-refractivity contribution in [2.24, 2.45) is 0 Å². The first-order valence-corrected chi connectivity index (χ1v) is 8.27. The molecule has 1 aromatic carbocycles. The van der Waals surface area contributed by atoms with Crippen LogP contribution in [0.25, 0.3) is 22.6 Å². The molecule has 0 spiro atoms. The molecule has 0 unspecified atom stereocenters. The number of ether oxygens (including phenoxy) is 1. The summed E-state index contributed by atoms with van der Waals surface area (Å²) in [5.74, 6) is 0.575. The van der Waals surface area contributed by atoms with E-state index in [4.69, 9.17) is 9.72 Å². The molecule has 0 saturated heterocycles. The van der Waals surface area contributed by atoms with E-state index >= 15 is 0 Å². The van der Waals surface area contributed by atoms with Crippen LogP contribution >= 0.6 is 0 Å². The molecule has 0 aliphatic rings. The summed E-state index contributed by atoms with van der Waals surface area (Å²) in [5.41, 5.74) is 3.13. The average Bonchev–Trinajstić information content (AvgIpc) is 3.27. The summed E-state index contributed by atoms with van der Waals surface area (Å²) in [5, 5.41) is 7.73. The normalized spacial score (nSPS) is 11.2. The summed E-state index contributed by atoms with van der Waals surface area (Å²) in [6, 6.07) is 12.2. The van der Waals surface area contributed by atoms with Crippen LogP contribution in [0, 0.1) is 5.82 Å². The van der Waals surface area contributed by atoms with Crippen LogP contribution in [-0.2, 0) is 4.74 Å². The van der Waals surface area contributed by atoms with Crippen molar-refractivity contribution in [2.75, 3.05) is 25.6 Å². The van der Waals surface area contributed by atoms with Crippen LogP contribution in [0.15, 0.2) is 61.1 Å². The van der Waals surface area contributed by atoms with Gasteiger partial charge in [0.15, 0.2) is 0 Å². The van der Waals surface area contributed by atoms with Crippen molar-refractivity contribution < 1.29 is 9.13 Å². The first-order chi connectivity index (χ1) is 12.8. The zero-order valence-corrected chi connectivity index (χ0v) is 14.3. The number of imidazole rings is 1. The minimum absolute atomic E-state index is 0.297.